The van der Waals surface area contributed by atoms with Crippen LogP contribution in [0.3, 0.4) is 0 Å². The lowest BCUT2D eigenvalue weighted by atomic mass is 10.0. The van der Waals surface area contributed by atoms with Gasteiger partial charge in [0.1, 0.15) is 5.60 Å². The van der Waals surface area contributed by atoms with Gasteiger partial charge in [0.25, 0.3) is 0 Å². The molecule has 0 saturated carbocycles. The summed E-state index contributed by atoms with van der Waals surface area (Å²) in [5.41, 5.74) is 3.87. The first kappa shape index (κ1) is 23.2. The van der Waals surface area contributed by atoms with E-state index in [0.717, 1.165) is 33.4 Å². The van der Waals surface area contributed by atoms with E-state index in [1.54, 1.807) is 4.57 Å². The molecular weight excluding hydrogens is 420 g/mol. The van der Waals surface area contributed by atoms with Crippen molar-refractivity contribution in [3.63, 3.8) is 0 Å². The highest BCUT2D eigenvalue weighted by Gasteiger charge is 2.26. The van der Waals surface area contributed by atoms with Crippen LogP contribution in [0.15, 0.2) is 109 Å². The summed E-state index contributed by atoms with van der Waals surface area (Å²) in [7, 11) is 0. The number of ether oxygens (including phenoxy) is 1. The molecule has 0 bridgehead atoms. The van der Waals surface area contributed by atoms with Gasteiger partial charge in [-0.2, -0.15) is 0 Å². The zero-order valence-corrected chi connectivity index (χ0v) is 19.9. The van der Waals surface area contributed by atoms with Crippen molar-refractivity contribution in [3.8, 4) is 0 Å². The minimum atomic E-state index is -0.615. The Hall–Kier alpha value is -3.92. The van der Waals surface area contributed by atoms with Crippen LogP contribution < -0.4 is 0 Å². The maximum atomic E-state index is 13.4. The van der Waals surface area contributed by atoms with Crippen molar-refractivity contribution in [1.82, 2.24) is 4.57 Å². The van der Waals surface area contributed by atoms with Crippen LogP contribution in [0.25, 0.3) is 10.9 Å². The zero-order chi connectivity index (χ0) is 24.1. The van der Waals surface area contributed by atoms with Gasteiger partial charge in [-0.25, -0.2) is 9.36 Å². The van der Waals surface area contributed by atoms with Crippen LogP contribution >= 0.6 is 0 Å². The van der Waals surface area contributed by atoms with Crippen molar-refractivity contribution in [2.75, 3.05) is 0 Å². The Kier molecular flexibility index (Phi) is 6.78. The molecule has 4 aromatic rings. The van der Waals surface area contributed by atoms with Crippen LogP contribution in [-0.4, -0.2) is 22.0 Å². The van der Waals surface area contributed by atoms with E-state index in [2.05, 4.69) is 30.8 Å². The number of benzene rings is 3. The molecule has 1 atom stereocenters. The average Bonchev–Trinajstić information content (AvgIpc) is 3.21. The van der Waals surface area contributed by atoms with E-state index in [1.807, 2.05) is 93.6 Å². The van der Waals surface area contributed by atoms with E-state index in [-0.39, 0.29) is 6.04 Å². The third kappa shape index (κ3) is 5.18. The highest BCUT2D eigenvalue weighted by molar-refractivity contribution is 6.13. The second-order valence-corrected chi connectivity index (χ2v) is 9.19. The summed E-state index contributed by atoms with van der Waals surface area (Å²) in [6.45, 7) is 9.59. The van der Waals surface area contributed by atoms with Gasteiger partial charge in [-0.05, 0) is 39.3 Å². The summed E-state index contributed by atoms with van der Waals surface area (Å²) in [5.74, 6) is 0. The largest absolute Gasteiger partial charge is 0.443 e. The summed E-state index contributed by atoms with van der Waals surface area (Å²) in [5, 5.41) is 0.966. The molecule has 0 unspecified atom stereocenters. The minimum absolute atomic E-state index is 0.326. The van der Waals surface area contributed by atoms with E-state index in [9.17, 15) is 4.79 Å². The van der Waals surface area contributed by atoms with Gasteiger partial charge in [0.15, 0.2) is 0 Å². The predicted octanol–water partition coefficient (Wildman–Crippen LogP) is 7.58. The van der Waals surface area contributed by atoms with Crippen LogP contribution in [0.2, 0.25) is 0 Å². The molecule has 0 aliphatic rings. The molecule has 34 heavy (non-hydrogen) atoms. The predicted molar refractivity (Wildman–Crippen MR) is 140 cm³/mol. The van der Waals surface area contributed by atoms with Gasteiger partial charge < -0.3 is 4.74 Å². The second-order valence-electron chi connectivity index (χ2n) is 9.19. The van der Waals surface area contributed by atoms with Crippen molar-refractivity contribution < 1.29 is 9.53 Å². The molecule has 3 aromatic carbocycles. The van der Waals surface area contributed by atoms with E-state index in [0.29, 0.717) is 6.42 Å². The van der Waals surface area contributed by atoms with Crippen molar-refractivity contribution in [2.24, 2.45) is 4.99 Å². The lowest BCUT2D eigenvalue weighted by molar-refractivity contribution is 0.0538. The lowest BCUT2D eigenvalue weighted by Gasteiger charge is -2.22. The lowest BCUT2D eigenvalue weighted by Crippen LogP contribution is -2.28. The van der Waals surface area contributed by atoms with Gasteiger partial charge >= 0.3 is 6.09 Å². The quantitative estimate of drug-likeness (QED) is 0.224. The molecule has 0 aliphatic heterocycles. The molecule has 172 valence electrons. The second kappa shape index (κ2) is 9.92. The van der Waals surface area contributed by atoms with Crippen LogP contribution in [0.4, 0.5) is 4.79 Å². The third-order valence-electron chi connectivity index (χ3n) is 5.43. The fourth-order valence-electron chi connectivity index (χ4n) is 3.99. The van der Waals surface area contributed by atoms with Crippen molar-refractivity contribution in [3.05, 3.63) is 120 Å². The number of hydrogen-bond acceptors (Lipinski definition) is 3. The number of hydrogen-bond donors (Lipinski definition) is 0. The molecular formula is C30H30N2O2. The highest BCUT2D eigenvalue weighted by atomic mass is 16.6. The molecule has 0 N–H and O–H groups in total. The molecule has 0 spiro atoms. The summed E-state index contributed by atoms with van der Waals surface area (Å²) >= 11 is 0. The SMILES string of the molecule is C=CC[C@H](N=C(c1ccccc1)c1ccccc1)c1cc2ccccc2n1C(=O)OC(C)(C)C. The third-order valence-corrected chi connectivity index (χ3v) is 5.43. The first-order valence-electron chi connectivity index (χ1n) is 11.5. The topological polar surface area (TPSA) is 43.6 Å². The Morgan fingerprint density at radius 3 is 2.06 bits per heavy atom. The van der Waals surface area contributed by atoms with Gasteiger partial charge in [0.2, 0.25) is 0 Å². The minimum Gasteiger partial charge on any atom is -0.443 e. The zero-order valence-electron chi connectivity index (χ0n) is 19.9. The maximum absolute atomic E-state index is 13.4. The maximum Gasteiger partial charge on any atom is 0.419 e. The van der Waals surface area contributed by atoms with Gasteiger partial charge in [-0.3, -0.25) is 4.99 Å². The number of fused-ring (bicyclic) bond motifs is 1. The van der Waals surface area contributed by atoms with Crippen molar-refractivity contribution in [1.29, 1.82) is 0 Å². The Morgan fingerprint density at radius 1 is 0.941 bits per heavy atom. The van der Waals surface area contributed by atoms with Crippen molar-refractivity contribution >= 4 is 22.7 Å². The molecule has 0 amide bonds. The number of aromatic nitrogens is 1. The van der Waals surface area contributed by atoms with Crippen LogP contribution in [-0.2, 0) is 4.74 Å². The van der Waals surface area contributed by atoms with Crippen LogP contribution in [0.1, 0.15) is 50.1 Å². The molecule has 0 aliphatic carbocycles. The van der Waals surface area contributed by atoms with E-state index in [4.69, 9.17) is 9.73 Å². The smallest absolute Gasteiger partial charge is 0.419 e. The molecule has 4 heteroatoms. The Labute approximate surface area is 201 Å². The van der Waals surface area contributed by atoms with Gasteiger partial charge in [-0.1, -0.05) is 84.9 Å². The molecule has 4 nitrogen and oxygen atoms in total. The molecule has 4 rings (SSSR count). The van der Waals surface area contributed by atoms with E-state index in [1.165, 1.54) is 0 Å². The molecule has 0 saturated heterocycles. The average molecular weight is 451 g/mol. The molecule has 0 fully saturated rings. The number of rotatable bonds is 6. The summed E-state index contributed by atoms with van der Waals surface area (Å²) in [4.78, 5) is 18.6. The first-order valence-corrected chi connectivity index (χ1v) is 11.5. The first-order chi connectivity index (χ1) is 16.4. The fourth-order valence-corrected chi connectivity index (χ4v) is 3.99. The normalized spacial score (nSPS) is 12.2. The summed E-state index contributed by atoms with van der Waals surface area (Å²) in [6, 6.07) is 29.8. The van der Waals surface area contributed by atoms with Gasteiger partial charge in [0.05, 0.1) is 23.0 Å². The van der Waals surface area contributed by atoms with Gasteiger partial charge in [-0.15, -0.1) is 6.58 Å². The Morgan fingerprint density at radius 2 is 1.50 bits per heavy atom. The Bertz CT molecular complexity index is 1270. The van der Waals surface area contributed by atoms with Crippen LogP contribution in [0.5, 0.6) is 0 Å². The number of carbonyl (C=O) groups is 1. The summed E-state index contributed by atoms with van der Waals surface area (Å²) in [6.07, 6.45) is 2.01. The van der Waals surface area contributed by atoms with Crippen molar-refractivity contribution in [2.45, 2.75) is 38.8 Å². The monoisotopic (exact) mass is 450 g/mol. The number of nitrogens with zero attached hydrogens (tertiary/aromatic N) is 2. The molecule has 1 aromatic heterocycles. The number of aliphatic imine (C=N–C) groups is 1. The Balaban J connectivity index is 1.92. The van der Waals surface area contributed by atoms with Gasteiger partial charge in [0, 0.05) is 16.5 Å². The van der Waals surface area contributed by atoms with E-state index >= 15 is 0 Å². The number of para-hydroxylation sites is 1. The molecule has 0 radical (unpaired) electrons. The molecule has 1 heterocycles. The summed E-state index contributed by atoms with van der Waals surface area (Å²) < 4.78 is 7.44. The number of carbonyl (C=O) groups excluding carboxylic acids is 1. The van der Waals surface area contributed by atoms with E-state index < -0.39 is 11.7 Å². The fraction of sp³-hybridized carbons (Fsp3) is 0.200. The van der Waals surface area contributed by atoms with Crippen LogP contribution in [0, 0.1) is 0 Å². The standard InChI is InChI=1S/C30H30N2O2/c1-5-14-25(31-28(22-15-8-6-9-16-22)23-17-10-7-11-18-23)27-21-24-19-12-13-20-26(24)32(27)29(33)34-30(2,3)4/h5-13,15-21,25H,1,14H2,2-4H3/t25-/m0/s1. The highest BCUT2D eigenvalue weighted by Crippen LogP contribution is 2.31.